The van der Waals surface area contributed by atoms with Gasteiger partial charge in [-0.3, -0.25) is 4.98 Å². The molecule has 1 heterocycles. The van der Waals surface area contributed by atoms with Gasteiger partial charge in [0.05, 0.1) is 0 Å². The molecule has 0 radical (unpaired) electrons. The molecule has 1 aromatic rings. The molecular weight excluding hydrogens is 150 g/mol. The zero-order valence-electron chi connectivity index (χ0n) is 5.34. The van der Waals surface area contributed by atoms with Crippen LogP contribution in [-0.2, 0) is 0 Å². The number of pyridine rings is 1. The maximum atomic E-state index is 12.7. The fraction of sp³-hybridized carbons (Fsp3) is 0.167. The highest BCUT2D eigenvalue weighted by atomic mass is 31.1. The van der Waals surface area contributed by atoms with Gasteiger partial charge in [0.15, 0.2) is 0 Å². The molecule has 0 bridgehead atoms. The predicted molar refractivity (Wildman–Crippen MR) is 41.2 cm³/mol. The van der Waals surface area contributed by atoms with Crippen molar-refractivity contribution in [2.75, 3.05) is 6.29 Å². The van der Waals surface area contributed by atoms with Gasteiger partial charge in [-0.2, -0.15) is 0 Å². The molecule has 0 amide bonds. The molecule has 1 unspecified atom stereocenters. The Morgan fingerprint density at radius 1 is 1.70 bits per heavy atom. The first-order chi connectivity index (χ1) is 4.84. The summed E-state index contributed by atoms with van der Waals surface area (Å²) < 4.78 is 12.7. The molecule has 0 saturated carbocycles. The summed E-state index contributed by atoms with van der Waals surface area (Å²) in [4.78, 5) is 3.78. The average molecular weight is 158 g/mol. The fourth-order valence-corrected chi connectivity index (χ4v) is 1.26. The predicted octanol–water partition coefficient (Wildman–Crippen LogP) is 0.441. The summed E-state index contributed by atoms with van der Waals surface area (Å²) in [6.07, 6.45) is 3.43. The third-order valence-corrected chi connectivity index (χ3v) is 2.01. The molecule has 0 aliphatic heterocycles. The van der Waals surface area contributed by atoms with Gasteiger partial charge in [0, 0.05) is 24.0 Å². The quantitative estimate of drug-likeness (QED) is 0.634. The first kappa shape index (κ1) is 7.58. The second-order valence-corrected chi connectivity index (χ2v) is 3.04. The molecule has 10 heavy (non-hydrogen) atoms. The Labute approximate surface area is 60.4 Å². The van der Waals surface area contributed by atoms with Gasteiger partial charge < -0.3 is 5.73 Å². The number of halogens is 1. The van der Waals surface area contributed by atoms with Crippen LogP contribution in [0.15, 0.2) is 18.5 Å². The van der Waals surface area contributed by atoms with Crippen LogP contribution in [0.5, 0.6) is 0 Å². The molecule has 2 N–H and O–H groups in total. The Bertz CT molecular complexity index is 217. The highest BCUT2D eigenvalue weighted by Gasteiger charge is 1.97. The van der Waals surface area contributed by atoms with Crippen molar-refractivity contribution < 1.29 is 4.39 Å². The van der Waals surface area contributed by atoms with Gasteiger partial charge in [0.2, 0.25) is 0 Å². The molecule has 1 rings (SSSR count). The van der Waals surface area contributed by atoms with Crippen LogP contribution in [0.25, 0.3) is 0 Å². The number of nitrogens with two attached hydrogens (primary N) is 1. The van der Waals surface area contributed by atoms with Gasteiger partial charge in [0.1, 0.15) is 5.82 Å². The Balaban J connectivity index is 2.81. The largest absolute Gasteiger partial charge is 0.327 e. The molecule has 1 aromatic heterocycles. The average Bonchev–Trinajstić information content (AvgIpc) is 1.94. The molecule has 0 saturated heterocycles. The maximum absolute atomic E-state index is 12.7. The van der Waals surface area contributed by atoms with Gasteiger partial charge in [-0.05, 0) is 6.07 Å². The Kier molecular flexibility index (Phi) is 2.72. The third kappa shape index (κ3) is 1.72. The monoisotopic (exact) mass is 158 g/mol. The Hall–Kier alpha value is -0.530. The molecular formula is C6H8FN2P. The van der Waals surface area contributed by atoms with E-state index in [1.807, 2.05) is 0 Å². The summed E-state index contributed by atoms with van der Waals surface area (Å²) in [7, 11) is 0.326. The standard InChI is InChI=1S/C6H8FN2P/c7-5-1-2-9-3-6(5)10-4-8/h1-3,10H,4,8H2. The topological polar surface area (TPSA) is 38.9 Å². The van der Waals surface area contributed by atoms with Crippen LogP contribution >= 0.6 is 8.58 Å². The summed E-state index contributed by atoms with van der Waals surface area (Å²) in [6, 6.07) is 1.35. The van der Waals surface area contributed by atoms with E-state index in [-0.39, 0.29) is 5.82 Å². The minimum absolute atomic E-state index is 0.209. The van der Waals surface area contributed by atoms with E-state index in [1.54, 1.807) is 0 Å². The lowest BCUT2D eigenvalue weighted by molar-refractivity contribution is 0.634. The van der Waals surface area contributed by atoms with Crippen LogP contribution < -0.4 is 11.0 Å². The van der Waals surface area contributed by atoms with Gasteiger partial charge in [-0.25, -0.2) is 4.39 Å². The van der Waals surface area contributed by atoms with Crippen molar-refractivity contribution in [1.29, 1.82) is 0 Å². The van der Waals surface area contributed by atoms with E-state index in [1.165, 1.54) is 18.5 Å². The van der Waals surface area contributed by atoms with E-state index < -0.39 is 0 Å². The summed E-state index contributed by atoms with van der Waals surface area (Å²) >= 11 is 0. The first-order valence-electron chi connectivity index (χ1n) is 2.88. The van der Waals surface area contributed by atoms with Crippen molar-refractivity contribution in [2.24, 2.45) is 5.73 Å². The normalized spacial score (nSPS) is 11.0. The van der Waals surface area contributed by atoms with Crippen LogP contribution in [0.4, 0.5) is 4.39 Å². The molecule has 54 valence electrons. The van der Waals surface area contributed by atoms with Crippen molar-refractivity contribution in [3.05, 3.63) is 24.3 Å². The van der Waals surface area contributed by atoms with E-state index in [9.17, 15) is 4.39 Å². The van der Waals surface area contributed by atoms with E-state index in [0.717, 1.165) is 0 Å². The summed E-state index contributed by atoms with van der Waals surface area (Å²) in [5, 5.41) is 0.616. The van der Waals surface area contributed by atoms with Crippen LogP contribution in [0.3, 0.4) is 0 Å². The van der Waals surface area contributed by atoms with Gasteiger partial charge in [-0.15, -0.1) is 0 Å². The zero-order valence-corrected chi connectivity index (χ0v) is 6.34. The SMILES string of the molecule is NCPc1cnccc1F. The third-order valence-electron chi connectivity index (χ3n) is 1.06. The van der Waals surface area contributed by atoms with E-state index >= 15 is 0 Å². The lowest BCUT2D eigenvalue weighted by atomic mass is 10.5. The van der Waals surface area contributed by atoms with Crippen molar-refractivity contribution in [1.82, 2.24) is 4.98 Å². The molecule has 0 aromatic carbocycles. The minimum Gasteiger partial charge on any atom is -0.327 e. The number of aromatic nitrogens is 1. The molecule has 2 nitrogen and oxygen atoms in total. The van der Waals surface area contributed by atoms with E-state index in [0.29, 0.717) is 20.2 Å². The van der Waals surface area contributed by atoms with Gasteiger partial charge in [-0.1, -0.05) is 8.58 Å². The van der Waals surface area contributed by atoms with Gasteiger partial charge in [0.25, 0.3) is 0 Å². The molecule has 0 aliphatic carbocycles. The highest BCUT2D eigenvalue weighted by molar-refractivity contribution is 7.47. The van der Waals surface area contributed by atoms with Gasteiger partial charge >= 0.3 is 0 Å². The highest BCUT2D eigenvalue weighted by Crippen LogP contribution is 2.07. The molecule has 1 atom stereocenters. The van der Waals surface area contributed by atoms with Crippen molar-refractivity contribution >= 4 is 13.9 Å². The fourth-order valence-electron chi connectivity index (χ4n) is 0.618. The first-order valence-corrected chi connectivity index (χ1v) is 4.08. The number of rotatable bonds is 2. The molecule has 0 fully saturated rings. The summed E-state index contributed by atoms with van der Waals surface area (Å²) in [6.45, 7) is 0. The van der Waals surface area contributed by atoms with E-state index in [4.69, 9.17) is 5.73 Å². The summed E-state index contributed by atoms with van der Waals surface area (Å²) in [5.41, 5.74) is 5.25. The van der Waals surface area contributed by atoms with Crippen LogP contribution in [0.1, 0.15) is 0 Å². The zero-order chi connectivity index (χ0) is 7.40. The second kappa shape index (κ2) is 3.59. The Morgan fingerprint density at radius 2 is 2.50 bits per heavy atom. The Morgan fingerprint density at radius 3 is 3.10 bits per heavy atom. The molecule has 0 aliphatic rings. The lowest BCUT2D eigenvalue weighted by Crippen LogP contribution is -2.05. The van der Waals surface area contributed by atoms with Crippen LogP contribution in [0.2, 0.25) is 0 Å². The maximum Gasteiger partial charge on any atom is 0.133 e. The van der Waals surface area contributed by atoms with Crippen molar-refractivity contribution in [3.63, 3.8) is 0 Å². The van der Waals surface area contributed by atoms with Crippen LogP contribution in [-0.4, -0.2) is 11.3 Å². The number of hydrogen-bond acceptors (Lipinski definition) is 2. The molecule has 4 heteroatoms. The summed E-state index contributed by atoms with van der Waals surface area (Å²) in [5.74, 6) is -0.209. The van der Waals surface area contributed by atoms with Crippen LogP contribution in [0, 0.1) is 5.82 Å². The second-order valence-electron chi connectivity index (χ2n) is 1.74. The number of hydrogen-bond donors (Lipinski definition) is 1. The smallest absolute Gasteiger partial charge is 0.133 e. The number of nitrogens with zero attached hydrogens (tertiary/aromatic N) is 1. The van der Waals surface area contributed by atoms with Crippen molar-refractivity contribution in [2.45, 2.75) is 0 Å². The molecule has 0 spiro atoms. The van der Waals surface area contributed by atoms with Crippen molar-refractivity contribution in [3.8, 4) is 0 Å². The van der Waals surface area contributed by atoms with E-state index in [2.05, 4.69) is 4.98 Å². The minimum atomic E-state index is -0.209. The lowest BCUT2D eigenvalue weighted by Gasteiger charge is -1.97.